The number of unbranched alkanes of at least 4 members (excludes halogenated alkanes) is 1. The molecular weight excluding hydrogens is 464 g/mol. The standard InChI is InChI=1S/C24H23ClN2O5S/c1-2-3-15-32-24(29)17-9-12-19(13-10-17)26-23(28)18-11-14-22(21(25)16-18)27-33(30,31)20-7-5-4-6-8-20/h4-14,16,27H,2-3,15H2,1H3,(H,26,28). The van der Waals surface area contributed by atoms with Gasteiger partial charge in [0.2, 0.25) is 0 Å². The van der Waals surface area contributed by atoms with Crippen LogP contribution in [-0.4, -0.2) is 26.9 Å². The van der Waals surface area contributed by atoms with E-state index >= 15 is 0 Å². The number of rotatable bonds is 9. The molecule has 0 saturated heterocycles. The van der Waals surface area contributed by atoms with E-state index in [4.69, 9.17) is 16.3 Å². The molecule has 1 amide bonds. The molecule has 9 heteroatoms. The molecule has 172 valence electrons. The van der Waals surface area contributed by atoms with Crippen LogP contribution in [0.3, 0.4) is 0 Å². The van der Waals surface area contributed by atoms with Gasteiger partial charge in [0.25, 0.3) is 15.9 Å². The molecule has 0 saturated carbocycles. The van der Waals surface area contributed by atoms with Gasteiger partial charge in [-0.3, -0.25) is 9.52 Å². The molecule has 2 N–H and O–H groups in total. The summed E-state index contributed by atoms with van der Waals surface area (Å²) in [6.07, 6.45) is 1.73. The van der Waals surface area contributed by atoms with Crippen LogP contribution in [0.1, 0.15) is 40.5 Å². The molecule has 0 aromatic heterocycles. The van der Waals surface area contributed by atoms with Crippen molar-refractivity contribution in [3.05, 3.63) is 88.9 Å². The third kappa shape index (κ3) is 6.57. The third-order valence-electron chi connectivity index (χ3n) is 4.64. The van der Waals surface area contributed by atoms with Gasteiger partial charge in [0.15, 0.2) is 0 Å². The van der Waals surface area contributed by atoms with E-state index in [1.807, 2.05) is 6.92 Å². The van der Waals surface area contributed by atoms with Crippen LogP contribution in [0.15, 0.2) is 77.7 Å². The number of amides is 1. The van der Waals surface area contributed by atoms with Crippen molar-refractivity contribution in [2.24, 2.45) is 0 Å². The lowest BCUT2D eigenvalue weighted by Crippen LogP contribution is -2.15. The fourth-order valence-corrected chi connectivity index (χ4v) is 4.21. The minimum atomic E-state index is -3.81. The van der Waals surface area contributed by atoms with Crippen LogP contribution in [0.2, 0.25) is 5.02 Å². The van der Waals surface area contributed by atoms with E-state index < -0.39 is 21.9 Å². The zero-order chi connectivity index (χ0) is 23.8. The molecule has 7 nitrogen and oxygen atoms in total. The first-order valence-corrected chi connectivity index (χ1v) is 12.1. The van der Waals surface area contributed by atoms with Crippen molar-refractivity contribution in [2.45, 2.75) is 24.7 Å². The number of carbonyl (C=O) groups excluding carboxylic acids is 2. The molecule has 0 aliphatic rings. The zero-order valence-corrected chi connectivity index (χ0v) is 19.4. The predicted octanol–water partition coefficient (Wildman–Crippen LogP) is 5.35. The Morgan fingerprint density at radius 1 is 0.939 bits per heavy atom. The summed E-state index contributed by atoms with van der Waals surface area (Å²) in [4.78, 5) is 24.6. The van der Waals surface area contributed by atoms with Crippen molar-refractivity contribution in [1.82, 2.24) is 0 Å². The van der Waals surface area contributed by atoms with Gasteiger partial charge in [0.05, 0.1) is 27.8 Å². The van der Waals surface area contributed by atoms with Crippen LogP contribution in [0.25, 0.3) is 0 Å². The first-order valence-electron chi connectivity index (χ1n) is 10.3. The highest BCUT2D eigenvalue weighted by Crippen LogP contribution is 2.26. The van der Waals surface area contributed by atoms with Gasteiger partial charge in [-0.05, 0) is 61.0 Å². The molecule has 3 aromatic carbocycles. The van der Waals surface area contributed by atoms with Gasteiger partial charge in [-0.2, -0.15) is 0 Å². The Labute approximate surface area is 197 Å². The lowest BCUT2D eigenvalue weighted by atomic mass is 10.1. The van der Waals surface area contributed by atoms with E-state index in [-0.39, 0.29) is 21.2 Å². The summed E-state index contributed by atoms with van der Waals surface area (Å²) in [6, 6.07) is 18.5. The number of benzene rings is 3. The smallest absolute Gasteiger partial charge is 0.338 e. The normalized spacial score (nSPS) is 11.0. The Morgan fingerprint density at radius 2 is 1.61 bits per heavy atom. The Hall–Kier alpha value is -3.36. The summed E-state index contributed by atoms with van der Waals surface area (Å²) in [5, 5.41) is 2.79. The lowest BCUT2D eigenvalue weighted by Gasteiger charge is -2.11. The molecule has 0 fully saturated rings. The molecule has 0 unspecified atom stereocenters. The zero-order valence-electron chi connectivity index (χ0n) is 17.9. The van der Waals surface area contributed by atoms with Gasteiger partial charge in [-0.1, -0.05) is 43.1 Å². The highest BCUT2D eigenvalue weighted by Gasteiger charge is 2.17. The van der Waals surface area contributed by atoms with E-state index in [9.17, 15) is 18.0 Å². The number of hydrogen-bond acceptors (Lipinski definition) is 5. The first-order chi connectivity index (χ1) is 15.8. The Balaban J connectivity index is 1.65. The average Bonchev–Trinajstić information content (AvgIpc) is 2.81. The molecule has 0 bridgehead atoms. The summed E-state index contributed by atoms with van der Waals surface area (Å²) in [6.45, 7) is 2.38. The Bertz CT molecular complexity index is 1230. The largest absolute Gasteiger partial charge is 0.462 e. The number of carbonyl (C=O) groups is 2. The van der Waals surface area contributed by atoms with Crippen molar-refractivity contribution in [3.8, 4) is 0 Å². The number of esters is 1. The predicted molar refractivity (Wildman–Crippen MR) is 128 cm³/mol. The van der Waals surface area contributed by atoms with Gasteiger partial charge in [0, 0.05) is 11.3 Å². The van der Waals surface area contributed by atoms with Gasteiger partial charge in [-0.25, -0.2) is 13.2 Å². The van der Waals surface area contributed by atoms with Gasteiger partial charge >= 0.3 is 5.97 Å². The van der Waals surface area contributed by atoms with E-state index in [1.54, 1.807) is 42.5 Å². The van der Waals surface area contributed by atoms with Crippen LogP contribution in [0.5, 0.6) is 0 Å². The fraction of sp³-hybridized carbons (Fsp3) is 0.167. The maximum atomic E-state index is 12.6. The molecule has 3 aromatic rings. The minimum Gasteiger partial charge on any atom is -0.462 e. The highest BCUT2D eigenvalue weighted by molar-refractivity contribution is 7.92. The highest BCUT2D eigenvalue weighted by atomic mass is 35.5. The summed E-state index contributed by atoms with van der Waals surface area (Å²) in [7, 11) is -3.81. The van der Waals surface area contributed by atoms with E-state index in [1.165, 1.54) is 30.3 Å². The minimum absolute atomic E-state index is 0.0762. The number of hydrogen-bond donors (Lipinski definition) is 2. The topological polar surface area (TPSA) is 102 Å². The van der Waals surface area contributed by atoms with Crippen molar-refractivity contribution in [3.63, 3.8) is 0 Å². The number of sulfonamides is 1. The lowest BCUT2D eigenvalue weighted by molar-refractivity contribution is 0.0499. The van der Waals surface area contributed by atoms with Crippen LogP contribution in [-0.2, 0) is 14.8 Å². The van der Waals surface area contributed by atoms with Crippen LogP contribution < -0.4 is 10.0 Å². The SMILES string of the molecule is CCCCOC(=O)c1ccc(NC(=O)c2ccc(NS(=O)(=O)c3ccccc3)c(Cl)c2)cc1. The first kappa shape index (κ1) is 24.3. The van der Waals surface area contributed by atoms with Gasteiger partial charge in [-0.15, -0.1) is 0 Å². The maximum absolute atomic E-state index is 12.6. The molecule has 33 heavy (non-hydrogen) atoms. The summed E-state index contributed by atoms with van der Waals surface area (Å²) in [5.41, 5.74) is 1.27. The molecule has 0 radical (unpaired) electrons. The maximum Gasteiger partial charge on any atom is 0.338 e. The second-order valence-electron chi connectivity index (χ2n) is 7.13. The number of ether oxygens (including phenoxy) is 1. The fourth-order valence-electron chi connectivity index (χ4n) is 2.83. The van der Waals surface area contributed by atoms with Crippen LogP contribution in [0.4, 0.5) is 11.4 Å². The molecular formula is C24H23ClN2O5S. The van der Waals surface area contributed by atoms with Gasteiger partial charge in [0.1, 0.15) is 0 Å². The molecule has 0 atom stereocenters. The molecule has 0 spiro atoms. The number of anilines is 2. The Morgan fingerprint density at radius 3 is 2.24 bits per heavy atom. The summed E-state index contributed by atoms with van der Waals surface area (Å²) >= 11 is 6.22. The van der Waals surface area contributed by atoms with Gasteiger partial charge < -0.3 is 10.1 Å². The monoisotopic (exact) mass is 486 g/mol. The molecule has 0 aliphatic heterocycles. The summed E-state index contributed by atoms with van der Waals surface area (Å²) in [5.74, 6) is -0.853. The third-order valence-corrected chi connectivity index (χ3v) is 6.33. The molecule has 0 aliphatic carbocycles. The van der Waals surface area contributed by atoms with E-state index in [2.05, 4.69) is 10.0 Å². The molecule has 0 heterocycles. The van der Waals surface area contributed by atoms with Crippen molar-refractivity contribution < 1.29 is 22.7 Å². The number of halogens is 1. The van der Waals surface area contributed by atoms with Crippen molar-refractivity contribution in [1.29, 1.82) is 0 Å². The van der Waals surface area contributed by atoms with E-state index in [0.29, 0.717) is 17.9 Å². The Kier molecular flexibility index (Phi) is 8.08. The van der Waals surface area contributed by atoms with Crippen LogP contribution >= 0.6 is 11.6 Å². The van der Waals surface area contributed by atoms with Crippen molar-refractivity contribution in [2.75, 3.05) is 16.6 Å². The van der Waals surface area contributed by atoms with Crippen molar-refractivity contribution >= 4 is 44.9 Å². The summed E-state index contributed by atoms with van der Waals surface area (Å²) < 4.78 is 32.5. The number of nitrogens with one attached hydrogen (secondary N) is 2. The second-order valence-corrected chi connectivity index (χ2v) is 9.22. The quantitative estimate of drug-likeness (QED) is 0.313. The van der Waals surface area contributed by atoms with Crippen LogP contribution in [0, 0.1) is 0 Å². The molecule has 3 rings (SSSR count). The van der Waals surface area contributed by atoms with E-state index in [0.717, 1.165) is 12.8 Å². The average molecular weight is 487 g/mol. The second kappa shape index (κ2) is 11.0.